The maximum Gasteiger partial charge on any atom is 0.326 e. The first kappa shape index (κ1) is 33.5. The maximum absolute atomic E-state index is 13.2. The number of phenols is 1. The number of guanidine groups is 1. The Balaban J connectivity index is 2.14. The summed E-state index contributed by atoms with van der Waals surface area (Å²) in [6, 6.07) is 9.67. The van der Waals surface area contributed by atoms with Crippen molar-refractivity contribution in [2.75, 3.05) is 6.54 Å². The van der Waals surface area contributed by atoms with E-state index in [0.29, 0.717) is 11.1 Å². The number of aliphatic carboxylic acids is 1. The van der Waals surface area contributed by atoms with Gasteiger partial charge in [-0.1, -0.05) is 42.5 Å². The van der Waals surface area contributed by atoms with Crippen molar-refractivity contribution in [2.24, 2.45) is 22.2 Å². The SMILES string of the molecule is CC(O)C(NC(=O)C(N)Cc1ccc(O)cc1)C(=O)NC(CCCN=C(N)N)C(=O)NC(Cc1ccccc1)C(=O)O. The second kappa shape index (κ2) is 16.5. The summed E-state index contributed by atoms with van der Waals surface area (Å²) in [5.74, 6) is -3.77. The number of amides is 3. The van der Waals surface area contributed by atoms with Gasteiger partial charge in [0.2, 0.25) is 17.7 Å². The summed E-state index contributed by atoms with van der Waals surface area (Å²) in [6.45, 7) is 1.42. The Labute approximate surface area is 243 Å². The molecule has 0 saturated carbocycles. The lowest BCUT2D eigenvalue weighted by molar-refractivity contribution is -0.142. The molecule has 0 saturated heterocycles. The van der Waals surface area contributed by atoms with Crippen LogP contribution in [0.1, 0.15) is 30.9 Å². The number of aromatic hydroxyl groups is 1. The molecule has 0 aliphatic heterocycles. The topological polar surface area (TPSA) is 255 Å². The molecule has 0 aliphatic rings. The number of phenolic OH excluding ortho intramolecular Hbond substituents is 1. The number of carboxylic acids is 1. The van der Waals surface area contributed by atoms with Crippen LogP contribution in [0.4, 0.5) is 0 Å². The van der Waals surface area contributed by atoms with Gasteiger partial charge >= 0.3 is 5.97 Å². The van der Waals surface area contributed by atoms with Gasteiger partial charge in [-0.2, -0.15) is 0 Å². The zero-order chi connectivity index (χ0) is 31.2. The number of nitrogens with one attached hydrogen (secondary N) is 3. The number of aliphatic hydroxyl groups excluding tert-OH is 1. The molecule has 3 amide bonds. The lowest BCUT2D eigenvalue weighted by Crippen LogP contribution is -2.60. The zero-order valence-corrected chi connectivity index (χ0v) is 23.3. The van der Waals surface area contributed by atoms with Crippen LogP contribution >= 0.6 is 0 Å². The second-order valence-corrected chi connectivity index (χ2v) is 9.80. The lowest BCUT2D eigenvalue weighted by Gasteiger charge is -2.26. The number of carbonyl (C=O) groups is 4. The fourth-order valence-electron chi connectivity index (χ4n) is 4.00. The van der Waals surface area contributed by atoms with Crippen LogP contribution in [-0.2, 0) is 32.0 Å². The number of rotatable bonds is 16. The van der Waals surface area contributed by atoms with Gasteiger partial charge in [0.15, 0.2) is 5.96 Å². The van der Waals surface area contributed by atoms with Crippen LogP contribution in [0.5, 0.6) is 5.75 Å². The van der Waals surface area contributed by atoms with E-state index in [2.05, 4.69) is 20.9 Å². The fraction of sp³-hybridized carbons (Fsp3) is 0.393. The van der Waals surface area contributed by atoms with E-state index in [9.17, 15) is 34.5 Å². The van der Waals surface area contributed by atoms with Crippen LogP contribution in [0.2, 0.25) is 0 Å². The Kier molecular flexibility index (Phi) is 13.2. The van der Waals surface area contributed by atoms with Gasteiger partial charge in [-0.3, -0.25) is 19.4 Å². The van der Waals surface area contributed by atoms with Gasteiger partial charge < -0.3 is 48.5 Å². The first-order valence-electron chi connectivity index (χ1n) is 13.3. The number of aliphatic hydroxyl groups is 1. The predicted octanol–water partition coefficient (Wildman–Crippen LogP) is -1.52. The first-order chi connectivity index (χ1) is 19.9. The van der Waals surface area contributed by atoms with Crippen molar-refractivity contribution in [1.82, 2.24) is 16.0 Å². The van der Waals surface area contributed by atoms with Gasteiger partial charge in [0.25, 0.3) is 0 Å². The van der Waals surface area contributed by atoms with Gasteiger partial charge in [-0.05, 0) is 49.4 Å². The monoisotopic (exact) mass is 585 g/mol. The van der Waals surface area contributed by atoms with Gasteiger partial charge in [-0.15, -0.1) is 0 Å². The van der Waals surface area contributed by atoms with E-state index in [1.807, 2.05) is 0 Å². The van der Waals surface area contributed by atoms with Crippen molar-refractivity contribution in [2.45, 2.75) is 62.9 Å². The second-order valence-electron chi connectivity index (χ2n) is 9.80. The molecule has 14 nitrogen and oxygen atoms in total. The highest BCUT2D eigenvalue weighted by Gasteiger charge is 2.32. The number of nitrogens with zero attached hydrogens (tertiary/aromatic N) is 1. The third kappa shape index (κ3) is 11.4. The summed E-state index contributed by atoms with van der Waals surface area (Å²) in [5.41, 5.74) is 18.0. The predicted molar refractivity (Wildman–Crippen MR) is 155 cm³/mol. The Bertz CT molecular complexity index is 1220. The van der Waals surface area contributed by atoms with E-state index >= 15 is 0 Å². The molecule has 0 aliphatic carbocycles. The van der Waals surface area contributed by atoms with Crippen molar-refractivity contribution in [1.29, 1.82) is 0 Å². The van der Waals surface area contributed by atoms with E-state index in [1.54, 1.807) is 42.5 Å². The normalized spacial score (nSPS) is 14.4. The van der Waals surface area contributed by atoms with Crippen LogP contribution in [0.3, 0.4) is 0 Å². The summed E-state index contributed by atoms with van der Waals surface area (Å²) in [7, 11) is 0. The van der Waals surface area contributed by atoms with Gasteiger partial charge in [-0.25, -0.2) is 4.79 Å². The van der Waals surface area contributed by atoms with E-state index < -0.39 is 54.0 Å². The number of hydrogen-bond acceptors (Lipinski definition) is 8. The molecule has 2 rings (SSSR count). The number of benzene rings is 2. The molecule has 0 aromatic heterocycles. The summed E-state index contributed by atoms with van der Waals surface area (Å²) < 4.78 is 0. The average Bonchev–Trinajstić information content (AvgIpc) is 2.94. The summed E-state index contributed by atoms with van der Waals surface area (Å²) >= 11 is 0. The van der Waals surface area contributed by atoms with Crippen molar-refractivity contribution in [3.8, 4) is 5.75 Å². The Hall–Kier alpha value is -4.69. The Morgan fingerprint density at radius 3 is 2.00 bits per heavy atom. The van der Waals surface area contributed by atoms with Crippen LogP contribution in [0, 0.1) is 0 Å². The number of hydrogen-bond donors (Lipinski definition) is 9. The minimum absolute atomic E-state index is 0.00184. The zero-order valence-electron chi connectivity index (χ0n) is 23.3. The summed E-state index contributed by atoms with van der Waals surface area (Å²) in [4.78, 5) is 54.9. The smallest absolute Gasteiger partial charge is 0.326 e. The molecule has 2 aromatic rings. The van der Waals surface area contributed by atoms with E-state index in [4.69, 9.17) is 17.2 Å². The minimum atomic E-state index is -1.48. The molecule has 0 fully saturated rings. The van der Waals surface area contributed by atoms with Crippen molar-refractivity contribution < 1.29 is 34.5 Å². The van der Waals surface area contributed by atoms with Gasteiger partial charge in [0.1, 0.15) is 23.9 Å². The summed E-state index contributed by atoms with van der Waals surface area (Å²) in [5, 5.41) is 36.8. The summed E-state index contributed by atoms with van der Waals surface area (Å²) in [6.07, 6.45) is -1.01. The van der Waals surface area contributed by atoms with E-state index in [0.717, 1.165) is 0 Å². The van der Waals surface area contributed by atoms with Gasteiger partial charge in [0.05, 0.1) is 12.1 Å². The maximum atomic E-state index is 13.2. The molecule has 12 N–H and O–H groups in total. The highest BCUT2D eigenvalue weighted by Crippen LogP contribution is 2.11. The van der Waals surface area contributed by atoms with Crippen LogP contribution in [-0.4, -0.2) is 81.8 Å². The largest absolute Gasteiger partial charge is 0.508 e. The quantitative estimate of drug-likeness (QED) is 0.0624. The minimum Gasteiger partial charge on any atom is -0.508 e. The molecule has 0 spiro atoms. The third-order valence-electron chi connectivity index (χ3n) is 6.27. The molecular formula is C28H39N7O7. The number of carbonyl (C=O) groups excluding carboxylic acids is 3. The molecule has 0 radical (unpaired) electrons. The number of nitrogens with two attached hydrogens (primary N) is 3. The molecule has 5 atom stereocenters. The van der Waals surface area contributed by atoms with Crippen LogP contribution in [0.15, 0.2) is 59.6 Å². The molecule has 5 unspecified atom stereocenters. The molecule has 42 heavy (non-hydrogen) atoms. The highest BCUT2D eigenvalue weighted by atomic mass is 16.4. The van der Waals surface area contributed by atoms with Gasteiger partial charge in [0, 0.05) is 13.0 Å². The van der Waals surface area contributed by atoms with Crippen molar-refractivity contribution in [3.63, 3.8) is 0 Å². The molecule has 2 aromatic carbocycles. The van der Waals surface area contributed by atoms with Crippen LogP contribution in [0.25, 0.3) is 0 Å². The highest BCUT2D eigenvalue weighted by molar-refractivity contribution is 5.94. The average molecular weight is 586 g/mol. The molecule has 228 valence electrons. The molecule has 0 bridgehead atoms. The fourth-order valence-corrected chi connectivity index (χ4v) is 4.00. The van der Waals surface area contributed by atoms with E-state index in [-0.39, 0.29) is 43.9 Å². The number of carboxylic acid groups (broad SMARTS) is 1. The Morgan fingerprint density at radius 2 is 1.43 bits per heavy atom. The third-order valence-corrected chi connectivity index (χ3v) is 6.27. The lowest BCUT2D eigenvalue weighted by atomic mass is 10.0. The van der Waals surface area contributed by atoms with Crippen molar-refractivity contribution >= 4 is 29.7 Å². The molecular weight excluding hydrogens is 546 g/mol. The van der Waals surface area contributed by atoms with E-state index in [1.165, 1.54) is 19.1 Å². The number of aliphatic imine (C=N–C) groups is 1. The molecule has 14 heteroatoms. The Morgan fingerprint density at radius 1 is 0.833 bits per heavy atom. The first-order valence-corrected chi connectivity index (χ1v) is 13.3. The van der Waals surface area contributed by atoms with Crippen LogP contribution < -0.4 is 33.2 Å². The standard InChI is InChI=1S/C28H39N7O7/c1-16(36)23(35-24(38)20(29)14-18-9-11-19(37)12-10-18)26(40)33-21(8-5-13-32-28(30)31)25(39)34-22(27(41)42)15-17-6-3-2-4-7-17/h2-4,6-7,9-12,16,20-23,36-37H,5,8,13-15,29H2,1H3,(H,33,40)(H,34,39)(H,35,38)(H,41,42)(H4,30,31,32). The molecule has 0 heterocycles. The van der Waals surface area contributed by atoms with Crippen molar-refractivity contribution in [3.05, 3.63) is 65.7 Å².